The van der Waals surface area contributed by atoms with Gasteiger partial charge in [-0.05, 0) is 30.2 Å². The van der Waals surface area contributed by atoms with Crippen LogP contribution in [0.3, 0.4) is 0 Å². The molecule has 1 saturated heterocycles. The largest absolute Gasteiger partial charge is 0.343 e. The molecule has 1 aliphatic heterocycles. The standard InChI is InChI=1S/C21H23FN4O4/c22-18-7-5-16(6-8-18)15-24-9-2-10-25(12-11-24)20(27)14-23-21(28)17-3-1-4-19(13-17)26(29)30/h1,3-8,13H,2,9-12,14-15H2,(H,23,28). The first-order chi connectivity index (χ1) is 14.4. The van der Waals surface area contributed by atoms with Gasteiger partial charge in [-0.3, -0.25) is 24.6 Å². The smallest absolute Gasteiger partial charge is 0.270 e. The summed E-state index contributed by atoms with van der Waals surface area (Å²) in [6, 6.07) is 11.8. The molecule has 0 aliphatic carbocycles. The Balaban J connectivity index is 1.48. The zero-order valence-corrected chi connectivity index (χ0v) is 16.4. The molecule has 9 heteroatoms. The molecule has 0 atom stereocenters. The lowest BCUT2D eigenvalue weighted by molar-refractivity contribution is -0.384. The second kappa shape index (κ2) is 9.93. The number of non-ortho nitro benzene ring substituents is 1. The molecule has 1 N–H and O–H groups in total. The molecule has 0 radical (unpaired) electrons. The van der Waals surface area contributed by atoms with Gasteiger partial charge in [-0.15, -0.1) is 0 Å². The van der Waals surface area contributed by atoms with Crippen LogP contribution in [0.25, 0.3) is 0 Å². The van der Waals surface area contributed by atoms with Crippen molar-refractivity contribution in [2.45, 2.75) is 13.0 Å². The minimum atomic E-state index is -0.573. The second-order valence-corrected chi connectivity index (χ2v) is 7.13. The highest BCUT2D eigenvalue weighted by Crippen LogP contribution is 2.13. The summed E-state index contributed by atoms with van der Waals surface area (Å²) in [7, 11) is 0. The highest BCUT2D eigenvalue weighted by molar-refractivity contribution is 5.96. The van der Waals surface area contributed by atoms with E-state index in [2.05, 4.69) is 10.2 Å². The summed E-state index contributed by atoms with van der Waals surface area (Å²) in [5.41, 5.74) is 0.974. The fourth-order valence-corrected chi connectivity index (χ4v) is 3.36. The average molecular weight is 414 g/mol. The number of benzene rings is 2. The third-order valence-corrected chi connectivity index (χ3v) is 4.98. The molecular formula is C21H23FN4O4. The van der Waals surface area contributed by atoms with E-state index >= 15 is 0 Å². The predicted octanol–water partition coefficient (Wildman–Crippen LogP) is 2.20. The Labute approximate surface area is 173 Å². The molecule has 0 aromatic heterocycles. The summed E-state index contributed by atoms with van der Waals surface area (Å²) in [6.45, 7) is 3.15. The van der Waals surface area contributed by atoms with Gasteiger partial charge in [-0.1, -0.05) is 18.2 Å². The number of nitro benzene ring substituents is 1. The Morgan fingerprint density at radius 2 is 1.83 bits per heavy atom. The van der Waals surface area contributed by atoms with Crippen LogP contribution >= 0.6 is 0 Å². The number of nitro groups is 1. The summed E-state index contributed by atoms with van der Waals surface area (Å²) >= 11 is 0. The minimum Gasteiger partial charge on any atom is -0.343 e. The maximum atomic E-state index is 13.0. The van der Waals surface area contributed by atoms with E-state index in [-0.39, 0.29) is 29.5 Å². The predicted molar refractivity (Wildman–Crippen MR) is 108 cm³/mol. The van der Waals surface area contributed by atoms with E-state index in [1.807, 2.05) is 0 Å². The fourth-order valence-electron chi connectivity index (χ4n) is 3.36. The van der Waals surface area contributed by atoms with Gasteiger partial charge in [-0.25, -0.2) is 4.39 Å². The molecule has 1 heterocycles. The van der Waals surface area contributed by atoms with Gasteiger partial charge in [0.25, 0.3) is 11.6 Å². The molecule has 0 saturated carbocycles. The lowest BCUT2D eigenvalue weighted by atomic mass is 10.2. The molecule has 0 unspecified atom stereocenters. The summed E-state index contributed by atoms with van der Waals surface area (Å²) in [6.07, 6.45) is 0.797. The Morgan fingerprint density at radius 3 is 2.57 bits per heavy atom. The second-order valence-electron chi connectivity index (χ2n) is 7.13. The number of halogens is 1. The lowest BCUT2D eigenvalue weighted by Crippen LogP contribution is -2.42. The van der Waals surface area contributed by atoms with Crippen LogP contribution in [0.2, 0.25) is 0 Å². The van der Waals surface area contributed by atoms with Gasteiger partial charge < -0.3 is 10.2 Å². The molecule has 0 spiro atoms. The molecule has 3 rings (SSSR count). The van der Waals surface area contributed by atoms with E-state index in [1.165, 1.54) is 36.4 Å². The SMILES string of the molecule is O=C(NCC(=O)N1CCCN(Cc2ccc(F)cc2)CC1)c1cccc([N+](=O)[O-])c1. The Hall–Kier alpha value is -3.33. The first-order valence-electron chi connectivity index (χ1n) is 9.69. The number of carbonyl (C=O) groups is 2. The van der Waals surface area contributed by atoms with Crippen LogP contribution in [0, 0.1) is 15.9 Å². The molecule has 1 aliphatic rings. The normalized spacial score (nSPS) is 14.8. The number of carbonyl (C=O) groups excluding carboxylic acids is 2. The maximum Gasteiger partial charge on any atom is 0.270 e. The molecule has 2 amide bonds. The van der Waals surface area contributed by atoms with Crippen molar-refractivity contribution in [2.24, 2.45) is 0 Å². The Morgan fingerprint density at radius 1 is 1.07 bits per heavy atom. The summed E-state index contributed by atoms with van der Waals surface area (Å²) < 4.78 is 13.0. The Kier molecular flexibility index (Phi) is 7.08. The number of rotatable bonds is 6. The van der Waals surface area contributed by atoms with Crippen LogP contribution in [0.5, 0.6) is 0 Å². The number of nitrogens with zero attached hydrogens (tertiary/aromatic N) is 3. The first kappa shape index (κ1) is 21.4. The van der Waals surface area contributed by atoms with Crippen LogP contribution in [-0.4, -0.2) is 59.3 Å². The van der Waals surface area contributed by atoms with E-state index in [9.17, 15) is 24.1 Å². The first-order valence-corrected chi connectivity index (χ1v) is 9.69. The highest BCUT2D eigenvalue weighted by Gasteiger charge is 2.20. The lowest BCUT2D eigenvalue weighted by Gasteiger charge is -2.22. The van der Waals surface area contributed by atoms with Crippen molar-refractivity contribution < 1.29 is 18.9 Å². The third kappa shape index (κ3) is 5.84. The zero-order valence-electron chi connectivity index (χ0n) is 16.4. The van der Waals surface area contributed by atoms with Gasteiger partial charge in [0.2, 0.25) is 5.91 Å². The quantitative estimate of drug-likeness (QED) is 0.578. The highest BCUT2D eigenvalue weighted by atomic mass is 19.1. The molecule has 30 heavy (non-hydrogen) atoms. The van der Waals surface area contributed by atoms with Crippen LogP contribution in [0.4, 0.5) is 10.1 Å². The van der Waals surface area contributed by atoms with E-state index in [4.69, 9.17) is 0 Å². The zero-order chi connectivity index (χ0) is 21.5. The van der Waals surface area contributed by atoms with Crippen LogP contribution in [-0.2, 0) is 11.3 Å². The van der Waals surface area contributed by atoms with Gasteiger partial charge >= 0.3 is 0 Å². The van der Waals surface area contributed by atoms with E-state index in [0.29, 0.717) is 26.2 Å². The Bertz CT molecular complexity index is 919. The van der Waals surface area contributed by atoms with Gasteiger partial charge in [0.1, 0.15) is 5.82 Å². The van der Waals surface area contributed by atoms with Gasteiger partial charge in [-0.2, -0.15) is 0 Å². The molecule has 2 aromatic carbocycles. The summed E-state index contributed by atoms with van der Waals surface area (Å²) in [4.78, 5) is 38.9. The van der Waals surface area contributed by atoms with Crippen LogP contribution in [0.15, 0.2) is 48.5 Å². The number of amides is 2. The van der Waals surface area contributed by atoms with Crippen molar-refractivity contribution >= 4 is 17.5 Å². The fraction of sp³-hybridized carbons (Fsp3) is 0.333. The van der Waals surface area contributed by atoms with E-state index < -0.39 is 10.8 Å². The van der Waals surface area contributed by atoms with E-state index in [0.717, 1.165) is 18.5 Å². The molecular weight excluding hydrogens is 391 g/mol. The van der Waals surface area contributed by atoms with Crippen LogP contribution < -0.4 is 5.32 Å². The third-order valence-electron chi connectivity index (χ3n) is 4.98. The van der Waals surface area contributed by atoms with Crippen molar-refractivity contribution in [3.05, 3.63) is 75.6 Å². The summed E-state index contributed by atoms with van der Waals surface area (Å²) in [5.74, 6) is -0.990. The molecule has 0 bridgehead atoms. The number of hydrogen-bond donors (Lipinski definition) is 1. The van der Waals surface area contributed by atoms with Crippen molar-refractivity contribution in [1.82, 2.24) is 15.1 Å². The number of nitrogens with one attached hydrogen (secondary N) is 1. The van der Waals surface area contributed by atoms with Crippen molar-refractivity contribution in [3.8, 4) is 0 Å². The van der Waals surface area contributed by atoms with Crippen molar-refractivity contribution in [2.75, 3.05) is 32.7 Å². The molecule has 2 aromatic rings. The van der Waals surface area contributed by atoms with Gasteiger partial charge in [0.15, 0.2) is 0 Å². The minimum absolute atomic E-state index is 0.137. The topological polar surface area (TPSA) is 95.8 Å². The van der Waals surface area contributed by atoms with Gasteiger partial charge in [0.05, 0.1) is 11.5 Å². The number of hydrogen-bond acceptors (Lipinski definition) is 5. The summed E-state index contributed by atoms with van der Waals surface area (Å²) in [5, 5.41) is 13.4. The maximum absolute atomic E-state index is 13.0. The average Bonchev–Trinajstić information content (AvgIpc) is 2.99. The molecule has 8 nitrogen and oxygen atoms in total. The molecule has 158 valence electrons. The monoisotopic (exact) mass is 414 g/mol. The van der Waals surface area contributed by atoms with Gasteiger partial charge in [0, 0.05) is 50.4 Å². The molecule has 1 fully saturated rings. The van der Waals surface area contributed by atoms with Crippen molar-refractivity contribution in [1.29, 1.82) is 0 Å². The van der Waals surface area contributed by atoms with Crippen LogP contribution in [0.1, 0.15) is 22.3 Å². The van der Waals surface area contributed by atoms with Crippen molar-refractivity contribution in [3.63, 3.8) is 0 Å². The van der Waals surface area contributed by atoms with E-state index in [1.54, 1.807) is 17.0 Å².